The van der Waals surface area contributed by atoms with Gasteiger partial charge in [-0.05, 0) is 36.3 Å². The van der Waals surface area contributed by atoms with Crippen LogP contribution >= 0.6 is 11.3 Å². The number of rotatable bonds is 10. The van der Waals surface area contributed by atoms with Gasteiger partial charge in [-0.1, -0.05) is 36.4 Å². The van der Waals surface area contributed by atoms with Crippen LogP contribution in [0.2, 0.25) is 0 Å². The minimum atomic E-state index is 0.793. The summed E-state index contributed by atoms with van der Waals surface area (Å²) >= 11 is 1.75. The van der Waals surface area contributed by atoms with E-state index in [-0.39, 0.29) is 0 Å². The number of nitrogens with one attached hydrogen (secondary N) is 2. The molecule has 1 aromatic carbocycles. The maximum atomic E-state index is 5.70. The minimum Gasteiger partial charge on any atom is -0.381 e. The lowest BCUT2D eigenvalue weighted by atomic mass is 10.2. The van der Waals surface area contributed by atoms with Crippen molar-refractivity contribution in [1.29, 1.82) is 0 Å². The number of thiophene rings is 1. The van der Waals surface area contributed by atoms with Gasteiger partial charge in [-0.2, -0.15) is 0 Å². The lowest BCUT2D eigenvalue weighted by Crippen LogP contribution is -2.37. The molecule has 2 rings (SSSR count). The average molecular weight is 346 g/mol. The summed E-state index contributed by atoms with van der Waals surface area (Å²) in [4.78, 5) is 5.55. The summed E-state index contributed by atoms with van der Waals surface area (Å²) in [5.74, 6) is 0.855. The van der Waals surface area contributed by atoms with Gasteiger partial charge >= 0.3 is 0 Å². The van der Waals surface area contributed by atoms with Crippen LogP contribution in [0, 0.1) is 0 Å². The zero-order valence-corrected chi connectivity index (χ0v) is 15.1. The highest BCUT2D eigenvalue weighted by molar-refractivity contribution is 7.09. The van der Waals surface area contributed by atoms with Gasteiger partial charge in [0.25, 0.3) is 0 Å². The Labute approximate surface area is 149 Å². The van der Waals surface area contributed by atoms with E-state index in [0.29, 0.717) is 0 Å². The van der Waals surface area contributed by atoms with Crippen molar-refractivity contribution in [1.82, 2.24) is 10.6 Å². The van der Waals surface area contributed by atoms with E-state index < -0.39 is 0 Å². The van der Waals surface area contributed by atoms with Crippen LogP contribution in [0.25, 0.3) is 0 Å². The number of guanidine groups is 1. The van der Waals surface area contributed by atoms with Crippen LogP contribution in [0.1, 0.15) is 23.3 Å². The molecule has 5 heteroatoms. The van der Waals surface area contributed by atoms with E-state index >= 15 is 0 Å². The third kappa shape index (κ3) is 7.62. The second-order valence-electron chi connectivity index (χ2n) is 5.49. The molecule has 1 aromatic heterocycles. The molecule has 0 radical (unpaired) electrons. The standard InChI is InChI=1S/C19H27N3OS/c1-20-19(22-16-18-10-7-15-24-18)21-12-5-6-13-23-14-11-17-8-3-2-4-9-17/h2-4,7-10,15H,5-6,11-14,16H2,1H3,(H2,20,21,22). The molecule has 0 fully saturated rings. The van der Waals surface area contributed by atoms with E-state index in [1.165, 1.54) is 10.4 Å². The van der Waals surface area contributed by atoms with Crippen LogP contribution in [0.3, 0.4) is 0 Å². The van der Waals surface area contributed by atoms with Gasteiger partial charge < -0.3 is 15.4 Å². The Bertz CT molecular complexity index is 570. The molecule has 4 nitrogen and oxygen atoms in total. The maximum absolute atomic E-state index is 5.70. The molecule has 2 aromatic rings. The van der Waals surface area contributed by atoms with Crippen molar-refractivity contribution in [2.45, 2.75) is 25.8 Å². The Hall–Kier alpha value is -1.85. The average Bonchev–Trinajstić information content (AvgIpc) is 3.14. The molecule has 24 heavy (non-hydrogen) atoms. The number of benzene rings is 1. The Morgan fingerprint density at radius 2 is 1.92 bits per heavy atom. The number of ether oxygens (including phenoxy) is 1. The highest BCUT2D eigenvalue weighted by atomic mass is 32.1. The molecule has 0 spiro atoms. The summed E-state index contributed by atoms with van der Waals surface area (Å²) < 4.78 is 5.70. The fourth-order valence-corrected chi connectivity index (χ4v) is 2.92. The first kappa shape index (κ1) is 18.5. The van der Waals surface area contributed by atoms with Gasteiger partial charge in [0, 0.05) is 25.1 Å². The molecule has 0 unspecified atom stereocenters. The van der Waals surface area contributed by atoms with Crippen LogP contribution in [-0.2, 0) is 17.7 Å². The molecular weight excluding hydrogens is 318 g/mol. The number of nitrogens with zero attached hydrogens (tertiary/aromatic N) is 1. The molecule has 130 valence electrons. The first-order valence-corrected chi connectivity index (χ1v) is 9.35. The van der Waals surface area contributed by atoms with Crippen LogP contribution in [0.15, 0.2) is 52.8 Å². The van der Waals surface area contributed by atoms with Gasteiger partial charge in [0.2, 0.25) is 0 Å². The highest BCUT2D eigenvalue weighted by Crippen LogP contribution is 2.07. The van der Waals surface area contributed by atoms with Crippen molar-refractivity contribution in [3.05, 3.63) is 58.3 Å². The molecule has 2 N–H and O–H groups in total. The monoisotopic (exact) mass is 345 g/mol. The van der Waals surface area contributed by atoms with Crippen LogP contribution in [0.4, 0.5) is 0 Å². The van der Waals surface area contributed by atoms with Gasteiger partial charge in [0.1, 0.15) is 0 Å². The van der Waals surface area contributed by atoms with E-state index in [9.17, 15) is 0 Å². The van der Waals surface area contributed by atoms with Gasteiger partial charge in [0.05, 0.1) is 13.2 Å². The molecule has 0 aliphatic rings. The molecule has 0 bridgehead atoms. The Morgan fingerprint density at radius 1 is 1.04 bits per heavy atom. The first-order valence-electron chi connectivity index (χ1n) is 8.47. The van der Waals surface area contributed by atoms with Crippen LogP contribution < -0.4 is 10.6 Å². The van der Waals surface area contributed by atoms with Crippen LogP contribution in [0.5, 0.6) is 0 Å². The maximum Gasteiger partial charge on any atom is 0.191 e. The largest absolute Gasteiger partial charge is 0.381 e. The predicted octanol–water partition coefficient (Wildman–Crippen LogP) is 3.45. The smallest absolute Gasteiger partial charge is 0.191 e. The molecule has 0 saturated carbocycles. The number of unbranched alkanes of at least 4 members (excludes halogenated alkanes) is 1. The molecule has 0 aliphatic heterocycles. The second kappa shape index (κ2) is 11.6. The van der Waals surface area contributed by atoms with Crippen molar-refractivity contribution in [2.24, 2.45) is 4.99 Å². The fraction of sp³-hybridized carbons (Fsp3) is 0.421. The fourth-order valence-electron chi connectivity index (χ4n) is 2.28. The lowest BCUT2D eigenvalue weighted by Gasteiger charge is -2.11. The van der Waals surface area contributed by atoms with Gasteiger partial charge in [-0.25, -0.2) is 0 Å². The van der Waals surface area contributed by atoms with E-state index in [2.05, 4.69) is 57.4 Å². The van der Waals surface area contributed by atoms with E-state index in [4.69, 9.17) is 4.74 Å². The topological polar surface area (TPSA) is 45.7 Å². The third-order valence-corrected chi connectivity index (χ3v) is 4.50. The molecule has 0 atom stereocenters. The van der Waals surface area contributed by atoms with Gasteiger partial charge in [0.15, 0.2) is 5.96 Å². The van der Waals surface area contributed by atoms with Crippen molar-refractivity contribution < 1.29 is 4.74 Å². The predicted molar refractivity (Wildman–Crippen MR) is 103 cm³/mol. The van der Waals surface area contributed by atoms with Crippen molar-refractivity contribution in [3.8, 4) is 0 Å². The summed E-state index contributed by atoms with van der Waals surface area (Å²) in [6, 6.07) is 14.7. The summed E-state index contributed by atoms with van der Waals surface area (Å²) in [6.07, 6.45) is 3.12. The van der Waals surface area contributed by atoms with Gasteiger partial charge in [-0.3, -0.25) is 4.99 Å². The van der Waals surface area contributed by atoms with E-state index in [0.717, 1.165) is 51.5 Å². The summed E-state index contributed by atoms with van der Waals surface area (Å²) in [5.41, 5.74) is 1.33. The Morgan fingerprint density at radius 3 is 2.67 bits per heavy atom. The summed E-state index contributed by atoms with van der Waals surface area (Å²) in [5, 5.41) is 8.74. The molecule has 0 amide bonds. The zero-order chi connectivity index (χ0) is 16.9. The zero-order valence-electron chi connectivity index (χ0n) is 14.3. The van der Waals surface area contributed by atoms with Crippen molar-refractivity contribution in [3.63, 3.8) is 0 Å². The minimum absolute atomic E-state index is 0.793. The Kier molecular flexibility index (Phi) is 8.97. The summed E-state index contributed by atoms with van der Waals surface area (Å²) in [7, 11) is 1.80. The number of aliphatic imine (C=N–C) groups is 1. The number of hydrogen-bond acceptors (Lipinski definition) is 3. The second-order valence-corrected chi connectivity index (χ2v) is 6.52. The van der Waals surface area contributed by atoms with E-state index in [1.807, 2.05) is 6.07 Å². The summed E-state index contributed by atoms with van der Waals surface area (Å²) in [6.45, 7) is 3.34. The van der Waals surface area contributed by atoms with Crippen molar-refractivity contribution in [2.75, 3.05) is 26.8 Å². The van der Waals surface area contributed by atoms with E-state index in [1.54, 1.807) is 18.4 Å². The SMILES string of the molecule is CN=C(NCCCCOCCc1ccccc1)NCc1cccs1. The third-order valence-electron chi connectivity index (χ3n) is 3.62. The normalized spacial score (nSPS) is 11.5. The molecule has 1 heterocycles. The molecular formula is C19H27N3OS. The lowest BCUT2D eigenvalue weighted by molar-refractivity contribution is 0.133. The quantitative estimate of drug-likeness (QED) is 0.394. The number of hydrogen-bond donors (Lipinski definition) is 2. The van der Waals surface area contributed by atoms with Crippen LogP contribution in [-0.4, -0.2) is 32.8 Å². The van der Waals surface area contributed by atoms with Crippen molar-refractivity contribution >= 4 is 17.3 Å². The Balaban J connectivity index is 1.45. The highest BCUT2D eigenvalue weighted by Gasteiger charge is 1.99. The molecule has 0 saturated heterocycles. The van der Waals surface area contributed by atoms with Gasteiger partial charge in [-0.15, -0.1) is 11.3 Å². The first-order chi connectivity index (χ1) is 11.9. The molecule has 0 aliphatic carbocycles.